The molecule has 3 rings (SSSR count). The molecule has 11 heteroatoms. The van der Waals surface area contributed by atoms with Crippen LogP contribution >= 0.6 is 0 Å². The van der Waals surface area contributed by atoms with Gasteiger partial charge in [0.15, 0.2) is 5.82 Å². The van der Waals surface area contributed by atoms with E-state index in [4.69, 9.17) is 0 Å². The number of aromatic nitrogens is 5. The third-order valence-electron chi connectivity index (χ3n) is 4.66. The Labute approximate surface area is 169 Å². The van der Waals surface area contributed by atoms with Crippen LogP contribution in [0.25, 0.3) is 5.69 Å². The van der Waals surface area contributed by atoms with Crippen molar-refractivity contribution in [2.45, 2.75) is 38.9 Å². The van der Waals surface area contributed by atoms with Crippen LogP contribution in [0.4, 0.5) is 13.2 Å². The Hall–Kier alpha value is -3.50. The number of halogens is 3. The van der Waals surface area contributed by atoms with Gasteiger partial charge in [-0.25, -0.2) is 9.67 Å². The predicted molar refractivity (Wildman–Crippen MR) is 100 cm³/mol. The summed E-state index contributed by atoms with van der Waals surface area (Å²) in [6.07, 6.45) is -0.895. The van der Waals surface area contributed by atoms with Crippen LogP contribution in [0.5, 0.6) is 0 Å². The standard InChI is InChI=1S/C19H19F3N6O2/c1-11-6-12(10-29)4-5-14(11)28-9-13(7-24-28)16(30)23-8-15-25-17(27-26-15)18(2,3)19(20,21)22/h4-7,9-10H,8H2,1-3H3,(H,23,30)(H,25,26,27). The molecule has 0 atom stereocenters. The summed E-state index contributed by atoms with van der Waals surface area (Å²) >= 11 is 0. The van der Waals surface area contributed by atoms with Crippen molar-refractivity contribution in [3.63, 3.8) is 0 Å². The minimum atomic E-state index is -4.51. The molecule has 0 unspecified atom stereocenters. The van der Waals surface area contributed by atoms with Crippen LogP contribution in [-0.2, 0) is 12.0 Å². The zero-order valence-corrected chi connectivity index (χ0v) is 16.4. The van der Waals surface area contributed by atoms with Crippen molar-refractivity contribution >= 4 is 12.2 Å². The summed E-state index contributed by atoms with van der Waals surface area (Å²) in [4.78, 5) is 27.1. The predicted octanol–water partition coefficient (Wildman–Crippen LogP) is 2.88. The first kappa shape index (κ1) is 21.2. The van der Waals surface area contributed by atoms with Crippen LogP contribution in [0.1, 0.15) is 51.8 Å². The topological polar surface area (TPSA) is 106 Å². The molecule has 0 aliphatic carbocycles. The number of hydrogen-bond acceptors (Lipinski definition) is 5. The summed E-state index contributed by atoms with van der Waals surface area (Å²) in [6, 6.07) is 5.06. The van der Waals surface area contributed by atoms with Gasteiger partial charge in [-0.3, -0.25) is 14.7 Å². The highest BCUT2D eigenvalue weighted by molar-refractivity contribution is 5.93. The number of nitrogens with zero attached hydrogens (tertiary/aromatic N) is 4. The van der Waals surface area contributed by atoms with Crippen LogP contribution < -0.4 is 5.32 Å². The van der Waals surface area contributed by atoms with Gasteiger partial charge in [-0.05, 0) is 44.5 Å². The second kappa shape index (κ2) is 7.73. The molecule has 3 aromatic rings. The SMILES string of the molecule is Cc1cc(C=O)ccc1-n1cc(C(=O)NCc2nc(C(C)(C)C(F)(F)F)n[nH]2)cn1. The van der Waals surface area contributed by atoms with Crippen LogP contribution in [0.15, 0.2) is 30.6 Å². The molecule has 0 saturated heterocycles. The molecule has 0 spiro atoms. The highest BCUT2D eigenvalue weighted by Gasteiger charge is 2.51. The number of carbonyl (C=O) groups excluding carboxylic acids is 2. The Balaban J connectivity index is 1.68. The largest absolute Gasteiger partial charge is 0.401 e. The smallest absolute Gasteiger partial charge is 0.345 e. The molecular formula is C19H19F3N6O2. The molecule has 0 bridgehead atoms. The first-order valence-electron chi connectivity index (χ1n) is 8.90. The van der Waals surface area contributed by atoms with E-state index in [2.05, 4.69) is 25.6 Å². The molecule has 0 aliphatic rings. The van der Waals surface area contributed by atoms with Crippen molar-refractivity contribution in [3.05, 3.63) is 58.9 Å². The number of amides is 1. The lowest BCUT2D eigenvalue weighted by Crippen LogP contribution is -2.37. The number of hydrogen-bond donors (Lipinski definition) is 2. The minimum absolute atomic E-state index is 0.100. The summed E-state index contributed by atoms with van der Waals surface area (Å²) in [5.41, 5.74) is 0.0696. The van der Waals surface area contributed by atoms with E-state index in [0.29, 0.717) is 11.3 Å². The zero-order valence-electron chi connectivity index (χ0n) is 16.4. The van der Waals surface area contributed by atoms with Crippen LogP contribution in [0, 0.1) is 6.92 Å². The fraction of sp³-hybridized carbons (Fsp3) is 0.316. The van der Waals surface area contributed by atoms with E-state index >= 15 is 0 Å². The first-order valence-corrected chi connectivity index (χ1v) is 8.90. The summed E-state index contributed by atoms with van der Waals surface area (Å²) in [5, 5.41) is 12.8. The molecule has 2 N–H and O–H groups in total. The van der Waals surface area contributed by atoms with Crippen molar-refractivity contribution in [1.82, 2.24) is 30.3 Å². The monoisotopic (exact) mass is 420 g/mol. The quantitative estimate of drug-likeness (QED) is 0.597. The second-order valence-corrected chi connectivity index (χ2v) is 7.25. The van der Waals surface area contributed by atoms with E-state index in [1.54, 1.807) is 18.2 Å². The molecule has 158 valence electrons. The molecular weight excluding hydrogens is 401 g/mol. The molecule has 0 fully saturated rings. The lowest BCUT2D eigenvalue weighted by molar-refractivity contribution is -0.182. The maximum absolute atomic E-state index is 13.1. The van der Waals surface area contributed by atoms with E-state index in [-0.39, 0.29) is 17.9 Å². The Morgan fingerprint density at radius 1 is 1.30 bits per heavy atom. The van der Waals surface area contributed by atoms with E-state index in [1.807, 2.05) is 6.92 Å². The highest BCUT2D eigenvalue weighted by Crippen LogP contribution is 2.38. The third-order valence-corrected chi connectivity index (χ3v) is 4.66. The van der Waals surface area contributed by atoms with Crippen molar-refractivity contribution in [3.8, 4) is 5.69 Å². The van der Waals surface area contributed by atoms with Gasteiger partial charge in [-0.1, -0.05) is 0 Å². The highest BCUT2D eigenvalue weighted by atomic mass is 19.4. The van der Waals surface area contributed by atoms with E-state index in [1.165, 1.54) is 17.1 Å². The van der Waals surface area contributed by atoms with Gasteiger partial charge < -0.3 is 5.32 Å². The number of alkyl halides is 3. The number of rotatable bonds is 6. The molecule has 0 saturated carbocycles. The Bertz CT molecular complexity index is 1080. The molecule has 2 heterocycles. The van der Waals surface area contributed by atoms with E-state index < -0.39 is 23.3 Å². The third kappa shape index (κ3) is 4.09. The number of aldehydes is 1. The van der Waals surface area contributed by atoms with E-state index in [9.17, 15) is 22.8 Å². The lowest BCUT2D eigenvalue weighted by atomic mass is 9.92. The van der Waals surface area contributed by atoms with Crippen LogP contribution in [0.3, 0.4) is 0 Å². The van der Waals surface area contributed by atoms with Gasteiger partial charge >= 0.3 is 6.18 Å². The first-order chi connectivity index (χ1) is 14.0. The molecule has 0 aliphatic heterocycles. The van der Waals surface area contributed by atoms with Crippen molar-refractivity contribution in [2.24, 2.45) is 0 Å². The van der Waals surface area contributed by atoms with Crippen molar-refractivity contribution in [1.29, 1.82) is 0 Å². The van der Waals surface area contributed by atoms with Crippen LogP contribution in [0.2, 0.25) is 0 Å². The molecule has 0 radical (unpaired) electrons. The fourth-order valence-electron chi connectivity index (χ4n) is 2.63. The average Bonchev–Trinajstić information content (AvgIpc) is 3.35. The number of nitrogens with one attached hydrogen (secondary N) is 2. The number of benzene rings is 1. The average molecular weight is 420 g/mol. The summed E-state index contributed by atoms with van der Waals surface area (Å²) in [7, 11) is 0. The van der Waals surface area contributed by atoms with Gasteiger partial charge in [0.05, 0.1) is 24.0 Å². The number of aryl methyl sites for hydroxylation is 1. The lowest BCUT2D eigenvalue weighted by Gasteiger charge is -2.24. The van der Waals surface area contributed by atoms with Gasteiger partial charge in [0, 0.05) is 11.8 Å². The molecule has 30 heavy (non-hydrogen) atoms. The summed E-state index contributed by atoms with van der Waals surface area (Å²) in [6.45, 7) is 3.65. The van der Waals surface area contributed by atoms with Gasteiger partial charge in [-0.15, -0.1) is 0 Å². The Kier molecular flexibility index (Phi) is 5.47. The summed E-state index contributed by atoms with van der Waals surface area (Å²) in [5.74, 6) is -0.777. The normalized spacial score (nSPS) is 12.1. The maximum atomic E-state index is 13.1. The molecule has 2 aromatic heterocycles. The fourth-order valence-corrected chi connectivity index (χ4v) is 2.63. The number of carbonyl (C=O) groups is 2. The summed E-state index contributed by atoms with van der Waals surface area (Å²) < 4.78 is 40.8. The van der Waals surface area contributed by atoms with Gasteiger partial charge in [0.2, 0.25) is 0 Å². The minimum Gasteiger partial charge on any atom is -0.345 e. The van der Waals surface area contributed by atoms with Gasteiger partial charge in [-0.2, -0.15) is 23.4 Å². The zero-order chi connectivity index (χ0) is 22.1. The molecule has 8 nitrogen and oxygen atoms in total. The van der Waals surface area contributed by atoms with Crippen molar-refractivity contribution in [2.75, 3.05) is 0 Å². The maximum Gasteiger partial charge on any atom is 0.401 e. The van der Waals surface area contributed by atoms with Gasteiger partial charge in [0.25, 0.3) is 5.91 Å². The van der Waals surface area contributed by atoms with E-state index in [0.717, 1.165) is 25.7 Å². The van der Waals surface area contributed by atoms with Crippen molar-refractivity contribution < 1.29 is 22.8 Å². The second-order valence-electron chi connectivity index (χ2n) is 7.25. The van der Waals surface area contributed by atoms with Gasteiger partial charge in [0.1, 0.15) is 17.5 Å². The molecule has 1 aromatic carbocycles. The van der Waals surface area contributed by atoms with Crippen LogP contribution in [-0.4, -0.2) is 43.3 Å². The Morgan fingerprint density at radius 2 is 2.03 bits per heavy atom. The Morgan fingerprint density at radius 3 is 2.67 bits per heavy atom. The molecule has 1 amide bonds. The number of aromatic amines is 1. The number of H-pyrrole nitrogens is 1.